The van der Waals surface area contributed by atoms with Crippen LogP contribution >= 0.6 is 0 Å². The van der Waals surface area contributed by atoms with Crippen LogP contribution in [0.1, 0.15) is 24.2 Å². The van der Waals surface area contributed by atoms with Gasteiger partial charge in [0.25, 0.3) is 5.91 Å². The van der Waals surface area contributed by atoms with Gasteiger partial charge in [-0.2, -0.15) is 0 Å². The second-order valence-electron chi connectivity index (χ2n) is 4.65. The lowest BCUT2D eigenvalue weighted by Gasteiger charge is -2.26. The number of carbonyl (C=O) groups is 1. The average Bonchev–Trinajstić information content (AvgIpc) is 2.39. The van der Waals surface area contributed by atoms with Crippen molar-refractivity contribution in [1.82, 2.24) is 10.2 Å². The van der Waals surface area contributed by atoms with Gasteiger partial charge in [-0.1, -0.05) is 0 Å². The minimum atomic E-state index is 0.0843. The van der Waals surface area contributed by atoms with E-state index in [1.165, 1.54) is 0 Å². The van der Waals surface area contributed by atoms with Crippen LogP contribution in [0.5, 0.6) is 5.75 Å². The van der Waals surface area contributed by atoms with Crippen LogP contribution in [-0.4, -0.2) is 43.1 Å². The van der Waals surface area contributed by atoms with Gasteiger partial charge in [0, 0.05) is 31.7 Å². The number of ether oxygens (including phenoxy) is 1. The third-order valence-electron chi connectivity index (χ3n) is 2.82. The van der Waals surface area contributed by atoms with Crippen molar-refractivity contribution in [3.8, 4) is 5.75 Å². The van der Waals surface area contributed by atoms with E-state index in [9.17, 15) is 4.79 Å². The summed E-state index contributed by atoms with van der Waals surface area (Å²) in [7, 11) is 0. The highest BCUT2D eigenvalue weighted by Gasteiger charge is 2.18. The van der Waals surface area contributed by atoms with Gasteiger partial charge in [0.05, 0.1) is 6.10 Å². The minimum Gasteiger partial charge on any atom is -0.491 e. The third-order valence-corrected chi connectivity index (χ3v) is 2.82. The molecule has 2 rings (SSSR count). The standard InChI is InChI=1S/C14H19N2O2/c1-11(2)18-13-5-3-12(4-6-13)14(17)16-9-7-15-8-10-16/h3-6,11H,7-10H2,1-2H3. The fourth-order valence-corrected chi connectivity index (χ4v) is 1.94. The fraction of sp³-hybridized carbons (Fsp3) is 0.500. The zero-order valence-corrected chi connectivity index (χ0v) is 10.9. The predicted octanol–water partition coefficient (Wildman–Crippen LogP) is 1.53. The Balaban J connectivity index is 2.02. The molecule has 0 atom stereocenters. The van der Waals surface area contributed by atoms with Crippen LogP contribution < -0.4 is 10.1 Å². The number of benzene rings is 1. The second kappa shape index (κ2) is 5.87. The maximum Gasteiger partial charge on any atom is 0.253 e. The molecular formula is C14H19N2O2. The lowest BCUT2D eigenvalue weighted by atomic mass is 10.2. The van der Waals surface area contributed by atoms with Crippen molar-refractivity contribution in [1.29, 1.82) is 0 Å². The maximum absolute atomic E-state index is 12.2. The van der Waals surface area contributed by atoms with Crippen molar-refractivity contribution in [2.24, 2.45) is 0 Å². The molecule has 1 heterocycles. The quantitative estimate of drug-likeness (QED) is 0.813. The molecule has 18 heavy (non-hydrogen) atoms. The molecule has 0 spiro atoms. The highest BCUT2D eigenvalue weighted by Crippen LogP contribution is 2.15. The molecule has 4 heteroatoms. The molecule has 1 aromatic rings. The van der Waals surface area contributed by atoms with Crippen LogP contribution in [0.3, 0.4) is 0 Å². The molecule has 1 amide bonds. The van der Waals surface area contributed by atoms with E-state index in [1.807, 2.05) is 43.0 Å². The normalized spacial score (nSPS) is 15.8. The molecule has 4 nitrogen and oxygen atoms in total. The second-order valence-corrected chi connectivity index (χ2v) is 4.65. The molecule has 1 radical (unpaired) electrons. The number of nitrogens with zero attached hydrogens (tertiary/aromatic N) is 2. The molecule has 0 bridgehead atoms. The number of carbonyl (C=O) groups excluding carboxylic acids is 1. The SMILES string of the molecule is CC(C)Oc1ccc(C(=O)N2CC[N]CC2)cc1. The Morgan fingerprint density at radius 2 is 1.83 bits per heavy atom. The molecule has 0 saturated carbocycles. The summed E-state index contributed by atoms with van der Waals surface area (Å²) in [4.78, 5) is 14.0. The van der Waals surface area contributed by atoms with Crippen molar-refractivity contribution in [3.63, 3.8) is 0 Å². The third kappa shape index (κ3) is 3.23. The summed E-state index contributed by atoms with van der Waals surface area (Å²) in [5.41, 5.74) is 0.716. The molecule has 0 aromatic heterocycles. The summed E-state index contributed by atoms with van der Waals surface area (Å²) >= 11 is 0. The molecule has 1 aliphatic heterocycles. The van der Waals surface area contributed by atoms with Crippen LogP contribution in [0.25, 0.3) is 0 Å². The Bertz CT molecular complexity index is 395. The molecule has 0 aliphatic carbocycles. The number of amides is 1. The highest BCUT2D eigenvalue weighted by atomic mass is 16.5. The molecule has 1 aliphatic rings. The molecule has 1 aromatic carbocycles. The first-order valence-electron chi connectivity index (χ1n) is 6.36. The summed E-state index contributed by atoms with van der Waals surface area (Å²) in [6.07, 6.45) is 0.148. The van der Waals surface area contributed by atoms with Gasteiger partial charge in [0.15, 0.2) is 0 Å². The molecule has 1 fully saturated rings. The van der Waals surface area contributed by atoms with E-state index in [0.717, 1.165) is 31.9 Å². The molecule has 0 unspecified atom stereocenters. The number of hydrogen-bond donors (Lipinski definition) is 0. The van der Waals surface area contributed by atoms with E-state index in [0.29, 0.717) is 5.56 Å². The minimum absolute atomic E-state index is 0.0843. The van der Waals surface area contributed by atoms with Crippen molar-refractivity contribution in [2.75, 3.05) is 26.2 Å². The first-order valence-corrected chi connectivity index (χ1v) is 6.36. The van der Waals surface area contributed by atoms with E-state index >= 15 is 0 Å². The first-order chi connectivity index (χ1) is 8.66. The maximum atomic E-state index is 12.2. The van der Waals surface area contributed by atoms with Gasteiger partial charge in [0.2, 0.25) is 0 Å². The summed E-state index contributed by atoms with van der Waals surface area (Å²) in [6.45, 7) is 6.92. The Labute approximate surface area is 108 Å². The van der Waals surface area contributed by atoms with E-state index < -0.39 is 0 Å². The van der Waals surface area contributed by atoms with Gasteiger partial charge in [-0.05, 0) is 38.1 Å². The fourth-order valence-electron chi connectivity index (χ4n) is 1.94. The van der Waals surface area contributed by atoms with Crippen LogP contribution in [0, 0.1) is 0 Å². The lowest BCUT2D eigenvalue weighted by molar-refractivity contribution is 0.0734. The Hall–Kier alpha value is -1.55. The summed E-state index contributed by atoms with van der Waals surface area (Å²) in [6, 6.07) is 7.35. The molecule has 97 valence electrons. The van der Waals surface area contributed by atoms with Crippen molar-refractivity contribution < 1.29 is 9.53 Å². The zero-order valence-electron chi connectivity index (χ0n) is 10.9. The van der Waals surface area contributed by atoms with Gasteiger partial charge >= 0.3 is 0 Å². The zero-order chi connectivity index (χ0) is 13.0. The van der Waals surface area contributed by atoms with E-state index in [1.54, 1.807) is 0 Å². The summed E-state index contributed by atoms with van der Waals surface area (Å²) < 4.78 is 5.55. The molecule has 0 N–H and O–H groups in total. The topological polar surface area (TPSA) is 43.6 Å². The Kier molecular flexibility index (Phi) is 4.20. The molecular weight excluding hydrogens is 228 g/mol. The van der Waals surface area contributed by atoms with Gasteiger partial charge in [-0.25, -0.2) is 5.32 Å². The van der Waals surface area contributed by atoms with Crippen LogP contribution in [0.4, 0.5) is 0 Å². The Morgan fingerprint density at radius 1 is 1.22 bits per heavy atom. The van der Waals surface area contributed by atoms with Crippen molar-refractivity contribution >= 4 is 5.91 Å². The van der Waals surface area contributed by atoms with Gasteiger partial charge in [-0.15, -0.1) is 0 Å². The van der Waals surface area contributed by atoms with E-state index in [2.05, 4.69) is 5.32 Å². The van der Waals surface area contributed by atoms with Crippen LogP contribution in [0.2, 0.25) is 0 Å². The van der Waals surface area contributed by atoms with E-state index in [4.69, 9.17) is 4.74 Å². The van der Waals surface area contributed by atoms with Gasteiger partial charge in [-0.3, -0.25) is 4.79 Å². The number of rotatable bonds is 3. The van der Waals surface area contributed by atoms with Crippen molar-refractivity contribution in [3.05, 3.63) is 29.8 Å². The average molecular weight is 247 g/mol. The number of hydrogen-bond acceptors (Lipinski definition) is 2. The highest BCUT2D eigenvalue weighted by molar-refractivity contribution is 5.94. The van der Waals surface area contributed by atoms with Crippen molar-refractivity contribution in [2.45, 2.75) is 20.0 Å². The number of piperazine rings is 1. The van der Waals surface area contributed by atoms with Crippen LogP contribution in [-0.2, 0) is 0 Å². The van der Waals surface area contributed by atoms with Crippen LogP contribution in [0.15, 0.2) is 24.3 Å². The van der Waals surface area contributed by atoms with Gasteiger partial charge in [0.1, 0.15) is 5.75 Å². The molecule has 1 saturated heterocycles. The van der Waals surface area contributed by atoms with Gasteiger partial charge < -0.3 is 9.64 Å². The Morgan fingerprint density at radius 3 is 2.39 bits per heavy atom. The summed E-state index contributed by atoms with van der Waals surface area (Å²) in [5.74, 6) is 0.885. The lowest BCUT2D eigenvalue weighted by Crippen LogP contribution is -2.43. The monoisotopic (exact) mass is 247 g/mol. The van der Waals surface area contributed by atoms with E-state index in [-0.39, 0.29) is 12.0 Å². The first kappa shape index (κ1) is 12.9. The predicted molar refractivity (Wildman–Crippen MR) is 70.0 cm³/mol. The smallest absolute Gasteiger partial charge is 0.253 e. The summed E-state index contributed by atoms with van der Waals surface area (Å²) in [5, 5.41) is 4.24. The largest absolute Gasteiger partial charge is 0.491 e.